The zero-order chi connectivity index (χ0) is 16.0. The Labute approximate surface area is 124 Å². The van der Waals surface area contributed by atoms with E-state index >= 15 is 0 Å². The van der Waals surface area contributed by atoms with Gasteiger partial charge in [-0.25, -0.2) is 9.18 Å². The third kappa shape index (κ3) is 4.44. The summed E-state index contributed by atoms with van der Waals surface area (Å²) < 4.78 is 13.0. The Morgan fingerprint density at radius 3 is 2.19 bits per heavy atom. The largest absolute Gasteiger partial charge is 0.481 e. The smallest absolute Gasteiger partial charge is 0.324 e. The van der Waals surface area contributed by atoms with E-state index in [1.807, 2.05) is 6.92 Å². The van der Waals surface area contributed by atoms with Crippen LogP contribution in [0.4, 0.5) is 14.9 Å². The average Bonchev–Trinajstić information content (AvgIpc) is 2.46. The monoisotopic (exact) mass is 296 g/mol. The van der Waals surface area contributed by atoms with Crippen LogP contribution in [0.2, 0.25) is 0 Å². The molecule has 21 heavy (non-hydrogen) atoms. The molecular formula is C15H21FN2O3. The molecule has 0 fully saturated rings. The van der Waals surface area contributed by atoms with E-state index in [0.717, 1.165) is 0 Å². The predicted octanol–water partition coefficient (Wildman–Crippen LogP) is 2.81. The van der Waals surface area contributed by atoms with Gasteiger partial charge in [-0.2, -0.15) is 0 Å². The molecule has 1 aromatic carbocycles. The highest BCUT2D eigenvalue weighted by molar-refractivity contribution is 5.92. The molecule has 0 bridgehead atoms. The molecule has 116 valence electrons. The van der Waals surface area contributed by atoms with Crippen LogP contribution in [0.1, 0.15) is 20.8 Å². The number of carboxylic acid groups (broad SMARTS) is 1. The Morgan fingerprint density at radius 2 is 1.76 bits per heavy atom. The lowest BCUT2D eigenvalue weighted by molar-refractivity contribution is -0.141. The maximum Gasteiger partial charge on any atom is 0.324 e. The molecule has 2 amide bonds. The summed E-state index contributed by atoms with van der Waals surface area (Å²) >= 11 is 0. The summed E-state index contributed by atoms with van der Waals surface area (Å²) in [4.78, 5) is 26.4. The molecule has 0 aliphatic rings. The molecule has 0 spiro atoms. The molecule has 0 saturated heterocycles. The number of nitrogens with zero attached hydrogens (tertiary/aromatic N) is 2. The highest BCUT2D eigenvalue weighted by Crippen LogP contribution is 2.17. The average molecular weight is 296 g/mol. The summed E-state index contributed by atoms with van der Waals surface area (Å²) in [6, 6.07) is 5.37. The number of rotatable bonds is 6. The minimum absolute atomic E-state index is 0.141. The van der Waals surface area contributed by atoms with Crippen molar-refractivity contribution < 1.29 is 19.1 Å². The van der Waals surface area contributed by atoms with E-state index in [2.05, 4.69) is 0 Å². The fourth-order valence-electron chi connectivity index (χ4n) is 1.97. The predicted molar refractivity (Wildman–Crippen MR) is 78.9 cm³/mol. The summed E-state index contributed by atoms with van der Waals surface area (Å²) in [6.07, 6.45) is 0. The topological polar surface area (TPSA) is 60.9 Å². The minimum atomic E-state index is -0.939. The number of hydrogen-bond acceptors (Lipinski definition) is 2. The summed E-state index contributed by atoms with van der Waals surface area (Å²) in [6.45, 7) is 6.14. The van der Waals surface area contributed by atoms with Gasteiger partial charge in [0.15, 0.2) is 0 Å². The summed E-state index contributed by atoms with van der Waals surface area (Å²) in [5, 5.41) is 8.96. The molecule has 1 N–H and O–H groups in total. The molecule has 5 nitrogen and oxygen atoms in total. The van der Waals surface area contributed by atoms with E-state index in [-0.39, 0.29) is 18.4 Å². The van der Waals surface area contributed by atoms with Crippen LogP contribution in [-0.2, 0) is 4.79 Å². The van der Waals surface area contributed by atoms with Crippen molar-refractivity contribution in [1.29, 1.82) is 0 Å². The number of carbonyl (C=O) groups is 2. The highest BCUT2D eigenvalue weighted by Gasteiger charge is 2.23. The molecule has 0 aliphatic heterocycles. The number of aliphatic carboxylic acids is 1. The second-order valence-corrected chi connectivity index (χ2v) is 4.78. The van der Waals surface area contributed by atoms with Gasteiger partial charge in [-0.15, -0.1) is 0 Å². The van der Waals surface area contributed by atoms with Crippen LogP contribution < -0.4 is 4.90 Å². The summed E-state index contributed by atoms with van der Waals surface area (Å²) in [5.41, 5.74) is 0.588. The molecule has 1 rings (SSSR count). The summed E-state index contributed by atoms with van der Waals surface area (Å²) in [7, 11) is 0. The van der Waals surface area contributed by atoms with Gasteiger partial charge in [-0.05, 0) is 38.1 Å². The fraction of sp³-hybridized carbons (Fsp3) is 0.467. The Balaban J connectivity index is 2.89. The van der Waals surface area contributed by atoms with Gasteiger partial charge < -0.3 is 10.0 Å². The van der Waals surface area contributed by atoms with Crippen LogP contribution >= 0.6 is 0 Å². The molecule has 6 heteroatoms. The molecule has 0 heterocycles. The maximum atomic E-state index is 13.0. The lowest BCUT2D eigenvalue weighted by atomic mass is 10.2. The number of halogens is 1. The number of amides is 2. The first kappa shape index (κ1) is 16.9. The molecule has 1 aromatic rings. The number of urea groups is 1. The first-order chi connectivity index (χ1) is 9.90. The standard InChI is InChI=1S/C15H21FN2O3/c1-4-17(10-11(3)14(19)20)15(21)18(5-2)13-8-6-12(16)7-9-13/h6-9,11H,4-5,10H2,1-3H3,(H,19,20). The van der Waals surface area contributed by atoms with Gasteiger partial charge in [0, 0.05) is 25.3 Å². The fourth-order valence-corrected chi connectivity index (χ4v) is 1.97. The van der Waals surface area contributed by atoms with Crippen LogP contribution in [0.15, 0.2) is 24.3 Å². The molecule has 0 aromatic heterocycles. The van der Waals surface area contributed by atoms with Gasteiger partial charge >= 0.3 is 12.0 Å². The van der Waals surface area contributed by atoms with E-state index in [9.17, 15) is 14.0 Å². The summed E-state index contributed by atoms with van der Waals surface area (Å²) in [5.74, 6) is -1.94. The molecule has 1 atom stereocenters. The first-order valence-corrected chi connectivity index (χ1v) is 6.95. The van der Waals surface area contributed by atoms with Crippen LogP contribution in [-0.4, -0.2) is 41.6 Å². The van der Waals surface area contributed by atoms with E-state index in [1.165, 1.54) is 34.1 Å². The van der Waals surface area contributed by atoms with Crippen LogP contribution in [0.5, 0.6) is 0 Å². The van der Waals surface area contributed by atoms with E-state index in [0.29, 0.717) is 18.8 Å². The van der Waals surface area contributed by atoms with Crippen molar-refractivity contribution in [2.45, 2.75) is 20.8 Å². The number of anilines is 1. The second-order valence-electron chi connectivity index (χ2n) is 4.78. The molecule has 0 saturated carbocycles. The van der Waals surface area contributed by atoms with Crippen molar-refractivity contribution in [2.24, 2.45) is 5.92 Å². The van der Waals surface area contributed by atoms with Gasteiger partial charge in [0.25, 0.3) is 0 Å². The van der Waals surface area contributed by atoms with Crippen LogP contribution in [0.25, 0.3) is 0 Å². The van der Waals surface area contributed by atoms with Crippen molar-refractivity contribution in [3.05, 3.63) is 30.1 Å². The quantitative estimate of drug-likeness (QED) is 0.878. The Hall–Kier alpha value is -2.11. The van der Waals surface area contributed by atoms with Crippen molar-refractivity contribution >= 4 is 17.7 Å². The van der Waals surface area contributed by atoms with Crippen molar-refractivity contribution in [3.8, 4) is 0 Å². The lowest BCUT2D eigenvalue weighted by Gasteiger charge is -2.30. The number of carbonyl (C=O) groups excluding carboxylic acids is 1. The third-order valence-corrected chi connectivity index (χ3v) is 3.25. The third-order valence-electron chi connectivity index (χ3n) is 3.25. The van der Waals surface area contributed by atoms with E-state index < -0.39 is 11.9 Å². The minimum Gasteiger partial charge on any atom is -0.481 e. The number of carboxylic acids is 1. The molecule has 1 unspecified atom stereocenters. The van der Waals surface area contributed by atoms with Gasteiger partial charge in [0.05, 0.1) is 5.92 Å². The zero-order valence-corrected chi connectivity index (χ0v) is 12.5. The lowest BCUT2D eigenvalue weighted by Crippen LogP contribution is -2.45. The first-order valence-electron chi connectivity index (χ1n) is 6.95. The van der Waals surface area contributed by atoms with Crippen molar-refractivity contribution in [1.82, 2.24) is 4.90 Å². The van der Waals surface area contributed by atoms with Crippen molar-refractivity contribution in [3.63, 3.8) is 0 Å². The molecule has 0 radical (unpaired) electrons. The Morgan fingerprint density at radius 1 is 1.19 bits per heavy atom. The Bertz CT molecular complexity index is 490. The van der Waals surface area contributed by atoms with Gasteiger partial charge in [-0.1, -0.05) is 6.92 Å². The normalized spacial score (nSPS) is 11.8. The van der Waals surface area contributed by atoms with E-state index in [1.54, 1.807) is 13.8 Å². The van der Waals surface area contributed by atoms with Gasteiger partial charge in [0.1, 0.15) is 5.82 Å². The SMILES string of the molecule is CCN(CC(C)C(=O)O)C(=O)N(CC)c1ccc(F)cc1. The van der Waals surface area contributed by atoms with Gasteiger partial charge in [-0.3, -0.25) is 9.69 Å². The maximum absolute atomic E-state index is 13.0. The van der Waals surface area contributed by atoms with Gasteiger partial charge in [0.2, 0.25) is 0 Å². The van der Waals surface area contributed by atoms with Crippen LogP contribution in [0, 0.1) is 11.7 Å². The van der Waals surface area contributed by atoms with E-state index in [4.69, 9.17) is 5.11 Å². The number of benzene rings is 1. The van der Waals surface area contributed by atoms with Crippen molar-refractivity contribution in [2.75, 3.05) is 24.5 Å². The second kappa shape index (κ2) is 7.61. The molecular weight excluding hydrogens is 275 g/mol. The van der Waals surface area contributed by atoms with Crippen LogP contribution in [0.3, 0.4) is 0 Å². The zero-order valence-electron chi connectivity index (χ0n) is 12.5. The molecule has 0 aliphatic carbocycles. The Kier molecular flexibility index (Phi) is 6.14. The number of hydrogen-bond donors (Lipinski definition) is 1. The highest BCUT2D eigenvalue weighted by atomic mass is 19.1.